The molecule has 0 unspecified atom stereocenters. The molecule has 0 saturated heterocycles. The van der Waals surface area contributed by atoms with Crippen LogP contribution in [0, 0.1) is 0 Å². The lowest BCUT2D eigenvalue weighted by atomic mass is 10.3. The number of hydrogen-bond donors (Lipinski definition) is 1. The molecule has 1 aromatic carbocycles. The van der Waals surface area contributed by atoms with Crippen molar-refractivity contribution in [2.24, 2.45) is 0 Å². The van der Waals surface area contributed by atoms with Gasteiger partial charge in [0.2, 0.25) is 0 Å². The fourth-order valence-electron chi connectivity index (χ4n) is 0.861. The van der Waals surface area contributed by atoms with Crippen LogP contribution in [0.4, 0.5) is 5.69 Å². The van der Waals surface area contributed by atoms with E-state index in [-0.39, 0.29) is 0 Å². The molecule has 0 fully saturated rings. The number of benzene rings is 1. The molecule has 0 aliphatic rings. The molecule has 1 nitrogen and oxygen atoms in total. The molecule has 0 aliphatic carbocycles. The molecule has 2 N–H and O–H groups in total. The lowest BCUT2D eigenvalue weighted by Gasteiger charge is -1.97. The minimum absolute atomic E-state index is 1.09. The molecule has 0 aliphatic heterocycles. The predicted molar refractivity (Wildman–Crippen MR) is 46.3 cm³/mol. The van der Waals surface area contributed by atoms with Crippen molar-refractivity contribution in [2.75, 3.05) is 6.54 Å². The summed E-state index contributed by atoms with van der Waals surface area (Å²) in [5.74, 6) is 0. The van der Waals surface area contributed by atoms with E-state index in [9.17, 15) is 0 Å². The van der Waals surface area contributed by atoms with Gasteiger partial charge in [0.25, 0.3) is 0 Å². The summed E-state index contributed by atoms with van der Waals surface area (Å²) in [4.78, 5) is 0. The van der Waals surface area contributed by atoms with E-state index in [4.69, 9.17) is 0 Å². The number of nitrogens with two attached hydrogens (primary N) is 1. The number of rotatable bonds is 2. The van der Waals surface area contributed by atoms with Crippen LogP contribution in [0.3, 0.4) is 0 Å². The van der Waals surface area contributed by atoms with E-state index in [1.165, 1.54) is 10.2 Å². The Kier molecular flexibility index (Phi) is 2.90. The fraction of sp³-hybridized carbons (Fsp3) is 0.250. The van der Waals surface area contributed by atoms with Crippen LogP contribution in [-0.4, -0.2) is 6.54 Å². The summed E-state index contributed by atoms with van der Waals surface area (Å²) in [7, 11) is 0. The van der Waals surface area contributed by atoms with Crippen LogP contribution in [0.25, 0.3) is 0 Å². The standard InChI is InChI=1S/C8H10BrN/c1-2-10-8-6-4-3-5-7(8)9/h3-6,10H,2H2,1H3/p+1. The van der Waals surface area contributed by atoms with E-state index in [0.717, 1.165) is 6.54 Å². The lowest BCUT2D eigenvalue weighted by molar-refractivity contribution is -0.568. The molecule has 0 spiro atoms. The highest BCUT2D eigenvalue weighted by Gasteiger charge is 1.97. The van der Waals surface area contributed by atoms with Crippen molar-refractivity contribution in [1.82, 2.24) is 0 Å². The molecule has 0 amide bonds. The Morgan fingerprint density at radius 1 is 1.40 bits per heavy atom. The second kappa shape index (κ2) is 3.74. The van der Waals surface area contributed by atoms with E-state index in [1.54, 1.807) is 0 Å². The molecule has 1 rings (SSSR count). The van der Waals surface area contributed by atoms with Gasteiger partial charge in [0, 0.05) is 6.07 Å². The normalized spacial score (nSPS) is 9.80. The van der Waals surface area contributed by atoms with E-state index in [2.05, 4.69) is 40.3 Å². The third-order valence-electron chi connectivity index (χ3n) is 1.33. The van der Waals surface area contributed by atoms with Gasteiger partial charge in [0.1, 0.15) is 5.69 Å². The number of para-hydroxylation sites is 1. The smallest absolute Gasteiger partial charge is 0.143 e. The summed E-state index contributed by atoms with van der Waals surface area (Å²) in [6, 6.07) is 8.23. The second-order valence-electron chi connectivity index (χ2n) is 2.13. The van der Waals surface area contributed by atoms with Crippen molar-refractivity contribution in [2.45, 2.75) is 6.92 Å². The summed E-state index contributed by atoms with van der Waals surface area (Å²) in [5, 5.41) is 2.20. The highest BCUT2D eigenvalue weighted by Crippen LogP contribution is 2.15. The largest absolute Gasteiger partial charge is 0.313 e. The van der Waals surface area contributed by atoms with E-state index in [0.29, 0.717) is 0 Å². The Labute approximate surface area is 69.6 Å². The molecule has 0 aromatic heterocycles. The van der Waals surface area contributed by atoms with Gasteiger partial charge in [-0.05, 0) is 28.9 Å². The first-order valence-electron chi connectivity index (χ1n) is 3.42. The Morgan fingerprint density at radius 3 is 2.70 bits per heavy atom. The number of quaternary nitrogens is 1. The van der Waals surface area contributed by atoms with Gasteiger partial charge in [-0.3, -0.25) is 0 Å². The first kappa shape index (κ1) is 7.76. The van der Waals surface area contributed by atoms with E-state index < -0.39 is 0 Å². The van der Waals surface area contributed by atoms with Crippen LogP contribution in [0.1, 0.15) is 6.92 Å². The molecule has 10 heavy (non-hydrogen) atoms. The molecule has 2 heteroatoms. The van der Waals surface area contributed by atoms with Crippen LogP contribution in [-0.2, 0) is 0 Å². The zero-order chi connectivity index (χ0) is 7.40. The van der Waals surface area contributed by atoms with Crippen molar-refractivity contribution < 1.29 is 5.32 Å². The first-order chi connectivity index (χ1) is 4.84. The Morgan fingerprint density at radius 2 is 2.10 bits per heavy atom. The highest BCUT2D eigenvalue weighted by atomic mass is 79.9. The monoisotopic (exact) mass is 200 g/mol. The maximum Gasteiger partial charge on any atom is 0.143 e. The van der Waals surface area contributed by atoms with Crippen LogP contribution in [0.5, 0.6) is 0 Å². The van der Waals surface area contributed by atoms with Crippen LogP contribution in [0.2, 0.25) is 0 Å². The van der Waals surface area contributed by atoms with Crippen molar-refractivity contribution in [3.8, 4) is 0 Å². The summed E-state index contributed by atoms with van der Waals surface area (Å²) in [6.45, 7) is 3.22. The van der Waals surface area contributed by atoms with E-state index >= 15 is 0 Å². The number of halogens is 1. The van der Waals surface area contributed by atoms with Crippen LogP contribution < -0.4 is 5.32 Å². The fourth-order valence-corrected chi connectivity index (χ4v) is 1.31. The topological polar surface area (TPSA) is 16.6 Å². The second-order valence-corrected chi connectivity index (χ2v) is 2.99. The molecule has 0 radical (unpaired) electrons. The number of hydrogen-bond acceptors (Lipinski definition) is 0. The quantitative estimate of drug-likeness (QED) is 0.701. The summed E-state index contributed by atoms with van der Waals surface area (Å²) in [6.07, 6.45) is 0. The van der Waals surface area contributed by atoms with Crippen LogP contribution in [0.15, 0.2) is 28.7 Å². The Bertz CT molecular complexity index is 210. The Balaban J connectivity index is 2.81. The Hall–Kier alpha value is -0.340. The predicted octanol–water partition coefficient (Wildman–Crippen LogP) is 1.66. The van der Waals surface area contributed by atoms with Gasteiger partial charge in [-0.2, -0.15) is 0 Å². The molecule has 0 heterocycles. The van der Waals surface area contributed by atoms with Gasteiger partial charge in [0.15, 0.2) is 0 Å². The molecule has 0 saturated carbocycles. The highest BCUT2D eigenvalue weighted by molar-refractivity contribution is 9.10. The van der Waals surface area contributed by atoms with Crippen molar-refractivity contribution >= 4 is 21.6 Å². The van der Waals surface area contributed by atoms with Crippen molar-refractivity contribution in [3.63, 3.8) is 0 Å². The van der Waals surface area contributed by atoms with Gasteiger partial charge in [-0.25, -0.2) is 0 Å². The molecule has 0 bridgehead atoms. The molecule has 0 atom stereocenters. The molecule has 1 aromatic rings. The minimum Gasteiger partial charge on any atom is -0.313 e. The summed E-state index contributed by atoms with van der Waals surface area (Å²) in [5.41, 5.74) is 1.28. The van der Waals surface area contributed by atoms with E-state index in [1.807, 2.05) is 12.1 Å². The van der Waals surface area contributed by atoms with Gasteiger partial charge in [-0.15, -0.1) is 0 Å². The zero-order valence-electron chi connectivity index (χ0n) is 5.97. The lowest BCUT2D eigenvalue weighted by Crippen LogP contribution is -2.77. The zero-order valence-corrected chi connectivity index (χ0v) is 7.56. The average molecular weight is 201 g/mol. The third kappa shape index (κ3) is 1.82. The van der Waals surface area contributed by atoms with Crippen molar-refractivity contribution in [3.05, 3.63) is 28.7 Å². The van der Waals surface area contributed by atoms with Gasteiger partial charge in [-0.1, -0.05) is 12.1 Å². The van der Waals surface area contributed by atoms with Crippen molar-refractivity contribution in [1.29, 1.82) is 0 Å². The average Bonchev–Trinajstić information content (AvgIpc) is 1.94. The van der Waals surface area contributed by atoms with Gasteiger partial charge < -0.3 is 5.32 Å². The molecular formula is C8H11BrN+. The van der Waals surface area contributed by atoms with Crippen LogP contribution >= 0.6 is 15.9 Å². The summed E-state index contributed by atoms with van der Waals surface area (Å²) >= 11 is 3.47. The summed E-state index contributed by atoms with van der Waals surface area (Å²) < 4.78 is 1.18. The van der Waals surface area contributed by atoms with Gasteiger partial charge in [0.05, 0.1) is 11.0 Å². The minimum atomic E-state index is 1.09. The molecular weight excluding hydrogens is 190 g/mol. The SMILES string of the molecule is CC[NH2+]c1ccccc1Br. The first-order valence-corrected chi connectivity index (χ1v) is 4.21. The maximum absolute atomic E-state index is 3.47. The van der Waals surface area contributed by atoms with Gasteiger partial charge >= 0.3 is 0 Å². The third-order valence-corrected chi connectivity index (χ3v) is 2.05. The molecule has 54 valence electrons. The maximum atomic E-state index is 3.47.